The number of rotatable bonds is 5. The average Bonchev–Trinajstić information content (AvgIpc) is 2.54. The van der Waals surface area contributed by atoms with Crippen LogP contribution in [0.2, 0.25) is 0 Å². The van der Waals surface area contributed by atoms with E-state index in [0.717, 1.165) is 25.2 Å². The van der Waals surface area contributed by atoms with Gasteiger partial charge in [0.2, 0.25) is 10.0 Å². The second-order valence-electron chi connectivity index (χ2n) is 6.46. The van der Waals surface area contributed by atoms with Crippen LogP contribution in [-0.4, -0.2) is 69.7 Å². The van der Waals surface area contributed by atoms with Gasteiger partial charge in [0.1, 0.15) is 0 Å². The Balaban J connectivity index is 1.70. The van der Waals surface area contributed by atoms with Crippen LogP contribution in [0.3, 0.4) is 0 Å². The molecule has 0 saturated carbocycles. The lowest BCUT2D eigenvalue weighted by molar-refractivity contribution is -0.114. The van der Waals surface area contributed by atoms with Crippen LogP contribution in [0.25, 0.3) is 0 Å². The van der Waals surface area contributed by atoms with Crippen LogP contribution in [0.5, 0.6) is 0 Å². The van der Waals surface area contributed by atoms with Crippen LogP contribution in [0, 0.1) is 0 Å². The van der Waals surface area contributed by atoms with Gasteiger partial charge >= 0.3 is 0 Å². The zero-order valence-corrected chi connectivity index (χ0v) is 14.5. The van der Waals surface area contributed by atoms with Crippen molar-refractivity contribution in [3.8, 4) is 0 Å². The van der Waals surface area contributed by atoms with Crippen LogP contribution in [-0.2, 0) is 26.0 Å². The zero-order valence-electron chi connectivity index (χ0n) is 13.7. The number of nitrogens with zero attached hydrogens (tertiary/aromatic N) is 2. The van der Waals surface area contributed by atoms with Gasteiger partial charge in [0, 0.05) is 39.8 Å². The molecule has 0 amide bonds. The summed E-state index contributed by atoms with van der Waals surface area (Å²) in [6.07, 6.45) is 0. The Bertz CT molecular complexity index is 650. The van der Waals surface area contributed by atoms with Gasteiger partial charge in [-0.15, -0.1) is 0 Å². The molecule has 0 atom stereocenters. The molecule has 0 N–H and O–H groups in total. The van der Waals surface area contributed by atoms with E-state index in [0.29, 0.717) is 31.2 Å². The van der Waals surface area contributed by atoms with E-state index in [-0.39, 0.29) is 5.60 Å². The van der Waals surface area contributed by atoms with Crippen LogP contribution in [0.15, 0.2) is 29.2 Å². The van der Waals surface area contributed by atoms with Gasteiger partial charge in [0.15, 0.2) is 0 Å². The summed E-state index contributed by atoms with van der Waals surface area (Å²) in [6, 6.07) is 7.25. The van der Waals surface area contributed by atoms with E-state index in [1.807, 2.05) is 12.1 Å². The highest BCUT2D eigenvalue weighted by Crippen LogP contribution is 2.26. The third-order valence-electron chi connectivity index (χ3n) is 4.52. The Morgan fingerprint density at radius 2 is 1.96 bits per heavy atom. The molecular formula is C16H24N2O4S. The van der Waals surface area contributed by atoms with E-state index in [4.69, 9.17) is 9.47 Å². The molecule has 2 saturated heterocycles. The molecule has 2 aliphatic heterocycles. The maximum Gasteiger partial charge on any atom is 0.243 e. The number of hydrogen-bond acceptors (Lipinski definition) is 5. The number of likely N-dealkylation sites (tertiary alicyclic amines) is 1. The van der Waals surface area contributed by atoms with Crippen molar-refractivity contribution >= 4 is 10.0 Å². The van der Waals surface area contributed by atoms with Crippen molar-refractivity contribution < 1.29 is 17.9 Å². The SMILES string of the molecule is COC1(C)CN(Cc2cccc(S(=O)(=O)N3CCOCC3)c2)C1. The predicted octanol–water partition coefficient (Wildman–Crippen LogP) is 0.928. The molecule has 0 aliphatic carbocycles. The normalized spacial score (nSPS) is 22.7. The fraction of sp³-hybridized carbons (Fsp3) is 0.625. The van der Waals surface area contributed by atoms with E-state index in [9.17, 15) is 8.42 Å². The number of hydrogen-bond donors (Lipinski definition) is 0. The molecule has 0 unspecified atom stereocenters. The van der Waals surface area contributed by atoms with Crippen LogP contribution in [0.4, 0.5) is 0 Å². The largest absolute Gasteiger partial charge is 0.379 e. The summed E-state index contributed by atoms with van der Waals surface area (Å²) >= 11 is 0. The summed E-state index contributed by atoms with van der Waals surface area (Å²) in [5.41, 5.74) is 0.940. The first-order chi connectivity index (χ1) is 10.9. The minimum Gasteiger partial charge on any atom is -0.379 e. The smallest absolute Gasteiger partial charge is 0.243 e. The molecule has 0 spiro atoms. The number of ether oxygens (including phenoxy) is 2. The summed E-state index contributed by atoms with van der Waals surface area (Å²) in [5.74, 6) is 0. The van der Waals surface area contributed by atoms with Gasteiger partial charge < -0.3 is 9.47 Å². The van der Waals surface area contributed by atoms with Crippen molar-refractivity contribution in [3.05, 3.63) is 29.8 Å². The predicted molar refractivity (Wildman–Crippen MR) is 86.7 cm³/mol. The monoisotopic (exact) mass is 340 g/mol. The average molecular weight is 340 g/mol. The summed E-state index contributed by atoms with van der Waals surface area (Å²) in [4.78, 5) is 2.62. The molecular weight excluding hydrogens is 316 g/mol. The number of morpholine rings is 1. The molecule has 0 aromatic heterocycles. The van der Waals surface area contributed by atoms with Crippen molar-refractivity contribution in [2.45, 2.75) is 24.0 Å². The highest BCUT2D eigenvalue weighted by Gasteiger charge is 2.38. The number of methoxy groups -OCH3 is 1. The van der Waals surface area contributed by atoms with Crippen LogP contribution in [0.1, 0.15) is 12.5 Å². The molecule has 128 valence electrons. The van der Waals surface area contributed by atoms with E-state index < -0.39 is 10.0 Å². The van der Waals surface area contributed by atoms with Crippen molar-refractivity contribution in [3.63, 3.8) is 0 Å². The Hall–Kier alpha value is -0.990. The number of sulfonamides is 1. The van der Waals surface area contributed by atoms with E-state index >= 15 is 0 Å². The molecule has 1 aromatic carbocycles. The summed E-state index contributed by atoms with van der Waals surface area (Å²) < 4.78 is 37.6. The second-order valence-corrected chi connectivity index (χ2v) is 8.40. The maximum atomic E-state index is 12.7. The lowest BCUT2D eigenvalue weighted by atomic mass is 9.96. The molecule has 23 heavy (non-hydrogen) atoms. The molecule has 0 bridgehead atoms. The van der Waals surface area contributed by atoms with E-state index in [1.165, 1.54) is 4.31 Å². The van der Waals surface area contributed by atoms with Crippen molar-refractivity contribution in [2.75, 3.05) is 46.5 Å². The van der Waals surface area contributed by atoms with Gasteiger partial charge in [-0.2, -0.15) is 4.31 Å². The molecule has 2 fully saturated rings. The Kier molecular flexibility index (Phi) is 4.75. The fourth-order valence-electron chi connectivity index (χ4n) is 3.14. The van der Waals surface area contributed by atoms with Gasteiger partial charge in [0.05, 0.1) is 23.7 Å². The van der Waals surface area contributed by atoms with Gasteiger partial charge in [-0.05, 0) is 24.6 Å². The van der Waals surface area contributed by atoms with Gasteiger partial charge in [-0.3, -0.25) is 4.90 Å². The molecule has 3 rings (SSSR count). The molecule has 0 radical (unpaired) electrons. The van der Waals surface area contributed by atoms with Gasteiger partial charge in [-0.25, -0.2) is 8.42 Å². The van der Waals surface area contributed by atoms with Crippen molar-refractivity contribution in [1.82, 2.24) is 9.21 Å². The summed E-state index contributed by atoms with van der Waals surface area (Å²) in [5, 5.41) is 0. The topological polar surface area (TPSA) is 59.1 Å². The maximum absolute atomic E-state index is 12.7. The van der Waals surface area contributed by atoms with Crippen LogP contribution >= 0.6 is 0 Å². The lowest BCUT2D eigenvalue weighted by Gasteiger charge is -2.47. The second kappa shape index (κ2) is 6.49. The molecule has 2 aliphatic rings. The first kappa shape index (κ1) is 16.9. The third kappa shape index (κ3) is 3.59. The molecule has 1 aromatic rings. The molecule has 7 heteroatoms. The molecule has 2 heterocycles. The van der Waals surface area contributed by atoms with Gasteiger partial charge in [-0.1, -0.05) is 12.1 Å². The minimum absolute atomic E-state index is 0.0719. The Labute approximate surface area is 138 Å². The Morgan fingerprint density at radius 1 is 1.26 bits per heavy atom. The van der Waals surface area contributed by atoms with Crippen molar-refractivity contribution in [1.29, 1.82) is 0 Å². The Morgan fingerprint density at radius 3 is 2.61 bits per heavy atom. The van der Waals surface area contributed by atoms with Crippen LogP contribution < -0.4 is 0 Å². The van der Waals surface area contributed by atoms with Gasteiger partial charge in [0.25, 0.3) is 0 Å². The first-order valence-corrected chi connectivity index (χ1v) is 9.31. The minimum atomic E-state index is -3.43. The van der Waals surface area contributed by atoms with E-state index in [1.54, 1.807) is 19.2 Å². The number of benzene rings is 1. The highest BCUT2D eigenvalue weighted by molar-refractivity contribution is 7.89. The highest BCUT2D eigenvalue weighted by atomic mass is 32.2. The standard InChI is InChI=1S/C16H24N2O4S/c1-16(21-2)12-17(13-16)11-14-4-3-5-15(10-14)23(19,20)18-6-8-22-9-7-18/h3-5,10H,6-9,11-13H2,1-2H3. The summed E-state index contributed by atoms with van der Waals surface area (Å²) in [6.45, 7) is 6.32. The fourth-order valence-corrected chi connectivity index (χ4v) is 4.62. The summed E-state index contributed by atoms with van der Waals surface area (Å²) in [7, 11) is -1.70. The molecule has 6 nitrogen and oxygen atoms in total. The van der Waals surface area contributed by atoms with E-state index in [2.05, 4.69) is 11.8 Å². The van der Waals surface area contributed by atoms with Crippen molar-refractivity contribution in [2.24, 2.45) is 0 Å². The first-order valence-electron chi connectivity index (χ1n) is 7.87. The lowest BCUT2D eigenvalue weighted by Crippen LogP contribution is -2.60. The third-order valence-corrected chi connectivity index (χ3v) is 6.42. The quantitative estimate of drug-likeness (QED) is 0.798. The zero-order chi connectivity index (χ0) is 16.5.